The highest BCUT2D eigenvalue weighted by atomic mass is 32.1. The summed E-state index contributed by atoms with van der Waals surface area (Å²) in [6.07, 6.45) is -3.64. The average Bonchev–Trinajstić information content (AvgIpc) is 3.28. The van der Waals surface area contributed by atoms with Crippen LogP contribution in [0.4, 0.5) is 44.5 Å². The number of nitriles is 1. The molecular formula is C32H28F5N9OS. The Morgan fingerprint density at radius 3 is 2.48 bits per heavy atom. The van der Waals surface area contributed by atoms with Crippen molar-refractivity contribution >= 4 is 54.9 Å². The predicted molar refractivity (Wildman–Crippen MR) is 174 cm³/mol. The minimum Gasteiger partial charge on any atom is -0.490 e. The molecule has 248 valence electrons. The zero-order valence-electron chi connectivity index (χ0n) is 25.7. The fourth-order valence-electron chi connectivity index (χ4n) is 6.48. The second kappa shape index (κ2) is 11.6. The minimum atomic E-state index is -5.17. The average molecular weight is 682 g/mol. The molecule has 0 radical (unpaired) electrons. The molecule has 10 nitrogen and oxygen atoms in total. The van der Waals surface area contributed by atoms with Gasteiger partial charge in [-0.3, -0.25) is 0 Å². The van der Waals surface area contributed by atoms with Gasteiger partial charge in [-0.25, -0.2) is 18.7 Å². The minimum absolute atomic E-state index is 0.0369. The van der Waals surface area contributed by atoms with Gasteiger partial charge in [0.05, 0.1) is 28.2 Å². The van der Waals surface area contributed by atoms with Crippen LogP contribution >= 0.6 is 11.3 Å². The van der Waals surface area contributed by atoms with E-state index in [1.807, 2.05) is 18.0 Å². The van der Waals surface area contributed by atoms with Crippen LogP contribution in [0, 0.1) is 23.0 Å². The number of hydrogen-bond donors (Lipinski definition) is 2. The number of hydrogen-bond acceptors (Lipinski definition) is 11. The maximum atomic E-state index is 17.3. The van der Waals surface area contributed by atoms with E-state index < -0.39 is 46.2 Å². The molecule has 0 unspecified atom stereocenters. The molecule has 3 aromatic heterocycles. The summed E-state index contributed by atoms with van der Waals surface area (Å²) in [6, 6.07) is 6.69. The summed E-state index contributed by atoms with van der Waals surface area (Å²) >= 11 is 0.700. The lowest BCUT2D eigenvalue weighted by Crippen LogP contribution is -2.45. The molecule has 1 fully saturated rings. The zero-order valence-corrected chi connectivity index (χ0v) is 26.5. The lowest BCUT2D eigenvalue weighted by molar-refractivity contribution is -0.138. The molecule has 5 aromatic rings. The number of pyridine rings is 1. The molecule has 0 aliphatic carbocycles. The van der Waals surface area contributed by atoms with Gasteiger partial charge in [0.2, 0.25) is 5.95 Å². The Kier molecular flexibility index (Phi) is 7.63. The molecule has 1 atom stereocenters. The van der Waals surface area contributed by atoms with E-state index in [2.05, 4.69) is 14.9 Å². The third kappa shape index (κ3) is 4.96. The number of halogens is 5. The van der Waals surface area contributed by atoms with E-state index in [4.69, 9.17) is 21.2 Å². The molecular weight excluding hydrogens is 653 g/mol. The Morgan fingerprint density at radius 1 is 1.04 bits per heavy atom. The molecule has 0 saturated carbocycles. The number of nitrogens with zero attached hydrogens (tertiary/aromatic N) is 7. The normalized spacial score (nSPS) is 16.2. The first kappa shape index (κ1) is 31.6. The number of piperazine rings is 1. The summed E-state index contributed by atoms with van der Waals surface area (Å²) in [7, 11) is 1.96. The van der Waals surface area contributed by atoms with E-state index in [9.17, 15) is 9.65 Å². The third-order valence-corrected chi connectivity index (χ3v) is 9.95. The van der Waals surface area contributed by atoms with Gasteiger partial charge in [-0.1, -0.05) is 12.1 Å². The van der Waals surface area contributed by atoms with E-state index in [0.29, 0.717) is 43.1 Å². The highest BCUT2D eigenvalue weighted by molar-refractivity contribution is 7.23. The van der Waals surface area contributed by atoms with Gasteiger partial charge >= 0.3 is 6.18 Å². The van der Waals surface area contributed by atoms with Crippen molar-refractivity contribution in [3.8, 4) is 22.9 Å². The zero-order chi connectivity index (χ0) is 34.1. The van der Waals surface area contributed by atoms with Crippen LogP contribution in [0.5, 0.6) is 5.75 Å². The molecule has 2 aliphatic heterocycles. The molecule has 0 amide bonds. The SMILES string of the molecule is C[C@H](c1cccnc1N)N1CCOc2c(C(F)(F)F)c(-c3ccc(F)c4sc(N)c(C#N)c34)c(F)c3nc(N4CCN(C)CC4)nc1c23. The van der Waals surface area contributed by atoms with Crippen LogP contribution in [-0.4, -0.2) is 66.2 Å². The van der Waals surface area contributed by atoms with Crippen LogP contribution in [0.1, 0.15) is 29.7 Å². The monoisotopic (exact) mass is 681 g/mol. The van der Waals surface area contributed by atoms with Gasteiger partial charge in [-0.2, -0.15) is 23.4 Å². The largest absolute Gasteiger partial charge is 0.490 e. The van der Waals surface area contributed by atoms with Crippen LogP contribution in [0.15, 0.2) is 30.5 Å². The molecule has 0 spiro atoms. The van der Waals surface area contributed by atoms with Gasteiger partial charge in [-0.05, 0) is 31.7 Å². The van der Waals surface area contributed by atoms with Gasteiger partial charge in [0.1, 0.15) is 52.0 Å². The number of ether oxygens (including phenoxy) is 1. The number of thiophene rings is 1. The summed E-state index contributed by atoms with van der Waals surface area (Å²) in [5.41, 5.74) is 9.42. The number of nitrogens with two attached hydrogens (primary N) is 2. The van der Waals surface area contributed by atoms with Gasteiger partial charge in [-0.15, -0.1) is 11.3 Å². The molecule has 7 rings (SSSR count). The molecule has 5 heterocycles. The summed E-state index contributed by atoms with van der Waals surface area (Å²) in [6.45, 7) is 3.92. The fraction of sp³-hybridized carbons (Fsp3) is 0.312. The molecule has 2 aromatic carbocycles. The van der Waals surface area contributed by atoms with E-state index in [-0.39, 0.29) is 62.3 Å². The van der Waals surface area contributed by atoms with Crippen molar-refractivity contribution in [3.05, 3.63) is 58.8 Å². The molecule has 1 saturated heterocycles. The molecule has 2 aliphatic rings. The van der Waals surface area contributed by atoms with Crippen molar-refractivity contribution in [1.82, 2.24) is 19.9 Å². The Hall–Kier alpha value is -5.01. The summed E-state index contributed by atoms with van der Waals surface area (Å²) in [4.78, 5) is 19.2. The Bertz CT molecular complexity index is 2140. The summed E-state index contributed by atoms with van der Waals surface area (Å²) < 4.78 is 84.0. The van der Waals surface area contributed by atoms with Gasteiger partial charge in [0.25, 0.3) is 0 Å². The number of alkyl halides is 3. The molecule has 0 bridgehead atoms. The van der Waals surface area contributed by atoms with Crippen LogP contribution in [0.2, 0.25) is 0 Å². The van der Waals surface area contributed by atoms with Crippen molar-refractivity contribution < 1.29 is 26.7 Å². The quantitative estimate of drug-likeness (QED) is 0.219. The van der Waals surface area contributed by atoms with Gasteiger partial charge in [0.15, 0.2) is 5.82 Å². The number of likely N-dealkylation sites (N-methyl/N-ethyl adjacent to an activating group) is 1. The molecule has 48 heavy (non-hydrogen) atoms. The predicted octanol–water partition coefficient (Wildman–Crippen LogP) is 5.95. The lowest BCUT2D eigenvalue weighted by atomic mass is 9.91. The van der Waals surface area contributed by atoms with Crippen molar-refractivity contribution in [2.75, 3.05) is 67.6 Å². The number of nitrogen functional groups attached to an aromatic ring is 2. The highest BCUT2D eigenvalue weighted by Crippen LogP contribution is 2.53. The standard InChI is InChI=1S/C32H28F5N9OS/c1-15(16-4-3-7-41-28(16)39)46-12-13-47-26-22-25(42-31(43-30(22)46)45-10-8-44(2)9-11-45)24(34)21(23(26)32(35,36)37)17-5-6-19(33)27-20(17)18(14-38)29(40)48-27/h3-7,15H,8-13,40H2,1-2H3,(H2,39,41)/t15-/m1/s1. The molecule has 4 N–H and O–H groups in total. The number of rotatable bonds is 4. The number of fused-ring (bicyclic) bond motifs is 1. The van der Waals surface area contributed by atoms with Gasteiger partial charge < -0.3 is 30.9 Å². The number of benzene rings is 2. The van der Waals surface area contributed by atoms with E-state index in [0.717, 1.165) is 12.1 Å². The first-order chi connectivity index (χ1) is 22.9. The summed E-state index contributed by atoms with van der Waals surface area (Å²) in [5.74, 6) is -2.41. The number of anilines is 4. The van der Waals surface area contributed by atoms with E-state index in [1.54, 1.807) is 24.0 Å². The second-order valence-corrected chi connectivity index (χ2v) is 12.8. The smallest absolute Gasteiger partial charge is 0.420 e. The van der Waals surface area contributed by atoms with E-state index in [1.165, 1.54) is 6.20 Å². The second-order valence-electron chi connectivity index (χ2n) is 11.7. The topological polar surface area (TPSA) is 133 Å². The molecule has 16 heteroatoms. The van der Waals surface area contributed by atoms with Crippen molar-refractivity contribution in [1.29, 1.82) is 5.26 Å². The summed E-state index contributed by atoms with van der Waals surface area (Å²) in [5, 5.41) is 9.28. The Balaban J connectivity index is 1.60. The first-order valence-electron chi connectivity index (χ1n) is 15.0. The number of aromatic nitrogens is 3. The van der Waals surface area contributed by atoms with Crippen molar-refractivity contribution in [2.24, 2.45) is 0 Å². The van der Waals surface area contributed by atoms with Crippen molar-refractivity contribution in [3.63, 3.8) is 0 Å². The lowest BCUT2D eigenvalue weighted by Gasteiger charge is -2.34. The van der Waals surface area contributed by atoms with Crippen LogP contribution < -0.4 is 26.0 Å². The maximum Gasteiger partial charge on any atom is 0.420 e. The van der Waals surface area contributed by atoms with Crippen LogP contribution in [0.25, 0.3) is 32.1 Å². The first-order valence-corrected chi connectivity index (χ1v) is 15.8. The van der Waals surface area contributed by atoms with Crippen LogP contribution in [-0.2, 0) is 6.18 Å². The fourth-order valence-corrected chi connectivity index (χ4v) is 7.43. The Labute approximate surface area is 275 Å². The third-order valence-electron chi connectivity index (χ3n) is 8.92. The highest BCUT2D eigenvalue weighted by Gasteiger charge is 2.44. The van der Waals surface area contributed by atoms with Crippen LogP contribution in [0.3, 0.4) is 0 Å². The van der Waals surface area contributed by atoms with Crippen molar-refractivity contribution in [2.45, 2.75) is 19.1 Å². The van der Waals surface area contributed by atoms with E-state index >= 15 is 17.6 Å². The van der Waals surface area contributed by atoms with Gasteiger partial charge in [0, 0.05) is 48.9 Å². The maximum absolute atomic E-state index is 17.3. The Morgan fingerprint density at radius 2 is 1.79 bits per heavy atom.